The van der Waals surface area contributed by atoms with Crippen molar-refractivity contribution >= 4 is 21.7 Å². The summed E-state index contributed by atoms with van der Waals surface area (Å²) >= 11 is 0. The molecule has 2 heterocycles. The van der Waals surface area contributed by atoms with E-state index in [1.54, 1.807) is 0 Å². The topological polar surface area (TPSA) is 123 Å². The van der Waals surface area contributed by atoms with Gasteiger partial charge in [0.05, 0.1) is 18.9 Å². The second-order valence-corrected chi connectivity index (χ2v) is 10.9. The second-order valence-electron chi connectivity index (χ2n) is 9.22. The van der Waals surface area contributed by atoms with Gasteiger partial charge in [0.25, 0.3) is 10.0 Å². The lowest BCUT2D eigenvalue weighted by Gasteiger charge is -2.36. The second kappa shape index (κ2) is 7.57. The highest BCUT2D eigenvalue weighted by atomic mass is 32.2. The number of hydrogen-bond donors (Lipinski definition) is 3. The maximum Gasteiger partial charge on any atom is 0.333 e. The van der Waals surface area contributed by atoms with Gasteiger partial charge in [-0.1, -0.05) is 6.07 Å². The first-order chi connectivity index (χ1) is 15.2. The molecule has 10 heteroatoms. The minimum Gasteiger partial charge on any atom is -0.379 e. The fourth-order valence-electron chi connectivity index (χ4n) is 4.97. The number of benzene rings is 1. The molecule has 0 bridgehead atoms. The van der Waals surface area contributed by atoms with Crippen LogP contribution >= 0.6 is 0 Å². The van der Waals surface area contributed by atoms with Crippen LogP contribution in [0.25, 0.3) is 0 Å². The zero-order chi connectivity index (χ0) is 22.7. The molecule has 32 heavy (non-hydrogen) atoms. The summed E-state index contributed by atoms with van der Waals surface area (Å²) in [5.41, 5.74) is 4.60. The summed E-state index contributed by atoms with van der Waals surface area (Å²) in [5.74, 6) is 0. The van der Waals surface area contributed by atoms with Gasteiger partial charge in [-0.2, -0.15) is 13.5 Å². The Kier molecular flexibility index (Phi) is 5.06. The number of aliphatic hydroxyl groups is 1. The van der Waals surface area contributed by atoms with Gasteiger partial charge in [-0.05, 0) is 74.6 Å². The van der Waals surface area contributed by atoms with Crippen molar-refractivity contribution in [3.8, 4) is 0 Å². The third kappa shape index (κ3) is 3.50. The van der Waals surface area contributed by atoms with Crippen molar-refractivity contribution < 1.29 is 23.1 Å². The van der Waals surface area contributed by atoms with Gasteiger partial charge in [-0.15, -0.1) is 0 Å². The molecule has 1 fully saturated rings. The minimum atomic E-state index is -4.23. The Morgan fingerprint density at radius 1 is 1.12 bits per heavy atom. The van der Waals surface area contributed by atoms with Crippen LogP contribution in [-0.2, 0) is 46.0 Å². The number of ether oxygens (including phenoxy) is 1. The number of fused-ring (bicyclic) bond motifs is 2. The van der Waals surface area contributed by atoms with Crippen molar-refractivity contribution in [2.75, 3.05) is 18.5 Å². The molecule has 3 N–H and O–H groups in total. The van der Waals surface area contributed by atoms with Crippen molar-refractivity contribution in [2.24, 2.45) is 0 Å². The van der Waals surface area contributed by atoms with E-state index in [0.29, 0.717) is 5.69 Å². The molecule has 1 aliphatic heterocycles. The molecular weight excluding hydrogens is 432 g/mol. The van der Waals surface area contributed by atoms with Crippen LogP contribution in [0.3, 0.4) is 0 Å². The van der Waals surface area contributed by atoms with Crippen molar-refractivity contribution in [1.82, 2.24) is 14.5 Å². The summed E-state index contributed by atoms with van der Waals surface area (Å²) in [5, 5.41) is 17.4. The quantitative estimate of drug-likeness (QED) is 0.629. The normalized spacial score (nSPS) is 18.9. The third-order valence-corrected chi connectivity index (χ3v) is 7.78. The fraction of sp³-hybridized carbons (Fsp3) is 0.545. The predicted molar refractivity (Wildman–Crippen MR) is 117 cm³/mol. The van der Waals surface area contributed by atoms with Crippen LogP contribution in [0.1, 0.15) is 60.7 Å². The number of nitrogens with zero attached hydrogens (tertiary/aromatic N) is 2. The Bertz CT molecular complexity index is 1170. The lowest BCUT2D eigenvalue weighted by Crippen LogP contribution is -2.48. The molecule has 1 aromatic heterocycles. The summed E-state index contributed by atoms with van der Waals surface area (Å²) in [6.07, 6.45) is 5.81. The molecule has 0 atom stereocenters. The first-order valence-corrected chi connectivity index (χ1v) is 12.6. The summed E-state index contributed by atoms with van der Waals surface area (Å²) in [7, 11) is -4.23. The molecule has 9 nitrogen and oxygen atoms in total. The standard InChI is InChI=1S/C22H28N4O5S/c1-13(2)26-18(22(28)11-31-12-22)10-19(24-26)32(29,30)25-21(27)23-20-16-7-3-5-14(16)9-15-6-4-8-17(15)20/h9-10,13,28H,3-8,11-12H2,1-2H3,(H2,23,25,27). The van der Waals surface area contributed by atoms with E-state index in [4.69, 9.17) is 4.74 Å². The molecule has 0 unspecified atom stereocenters. The molecule has 0 spiro atoms. The Hall–Kier alpha value is -2.43. The van der Waals surface area contributed by atoms with Crippen molar-refractivity contribution in [3.05, 3.63) is 40.1 Å². The Labute approximate surface area is 187 Å². The monoisotopic (exact) mass is 460 g/mol. The molecule has 1 saturated heterocycles. The third-order valence-electron chi connectivity index (χ3n) is 6.57. The van der Waals surface area contributed by atoms with Crippen molar-refractivity contribution in [2.45, 2.75) is 69.0 Å². The van der Waals surface area contributed by atoms with Gasteiger partial charge in [0.15, 0.2) is 10.6 Å². The number of hydrogen-bond acceptors (Lipinski definition) is 6. The van der Waals surface area contributed by atoms with Gasteiger partial charge >= 0.3 is 6.03 Å². The van der Waals surface area contributed by atoms with Gasteiger partial charge in [-0.25, -0.2) is 9.52 Å². The highest BCUT2D eigenvalue weighted by Crippen LogP contribution is 2.38. The van der Waals surface area contributed by atoms with E-state index in [-0.39, 0.29) is 24.3 Å². The zero-order valence-electron chi connectivity index (χ0n) is 18.3. The predicted octanol–water partition coefficient (Wildman–Crippen LogP) is 2.17. The summed E-state index contributed by atoms with van der Waals surface area (Å²) < 4.78 is 34.6. The summed E-state index contributed by atoms with van der Waals surface area (Å²) in [6, 6.07) is 2.59. The molecule has 2 amide bonds. The van der Waals surface area contributed by atoms with E-state index < -0.39 is 21.7 Å². The molecule has 2 aromatic rings. The van der Waals surface area contributed by atoms with E-state index in [1.807, 2.05) is 13.8 Å². The molecule has 172 valence electrons. The number of rotatable bonds is 5. The molecular formula is C22H28N4O5S. The number of aromatic nitrogens is 2. The van der Waals surface area contributed by atoms with Gasteiger partial charge in [0, 0.05) is 17.8 Å². The van der Waals surface area contributed by atoms with Crippen LogP contribution in [0.2, 0.25) is 0 Å². The number of nitrogens with one attached hydrogen (secondary N) is 2. The number of carbonyl (C=O) groups excluding carboxylic acids is 1. The molecule has 0 radical (unpaired) electrons. The van der Waals surface area contributed by atoms with E-state index in [9.17, 15) is 18.3 Å². The van der Waals surface area contributed by atoms with Crippen LogP contribution < -0.4 is 10.0 Å². The Balaban J connectivity index is 1.41. The van der Waals surface area contributed by atoms with Gasteiger partial charge < -0.3 is 15.2 Å². The van der Waals surface area contributed by atoms with E-state index in [0.717, 1.165) is 55.3 Å². The van der Waals surface area contributed by atoms with Crippen LogP contribution in [0.5, 0.6) is 0 Å². The minimum absolute atomic E-state index is 0.0725. The molecule has 3 aliphatic rings. The average Bonchev–Trinajstić information content (AvgIpc) is 3.44. The van der Waals surface area contributed by atoms with Crippen molar-refractivity contribution in [1.29, 1.82) is 0 Å². The SMILES string of the molecule is CC(C)n1nc(S(=O)(=O)NC(=O)Nc2c3c(cc4c2CCC4)CCC3)cc1C1(O)COC1. The molecule has 1 aromatic carbocycles. The van der Waals surface area contributed by atoms with Crippen LogP contribution in [0.15, 0.2) is 17.2 Å². The first-order valence-electron chi connectivity index (χ1n) is 11.1. The maximum atomic E-state index is 13.0. The highest BCUT2D eigenvalue weighted by Gasteiger charge is 2.43. The van der Waals surface area contributed by atoms with Crippen LogP contribution in [-0.4, -0.2) is 42.5 Å². The average molecular weight is 461 g/mol. The number of sulfonamides is 1. The highest BCUT2D eigenvalue weighted by molar-refractivity contribution is 7.90. The summed E-state index contributed by atoms with van der Waals surface area (Å²) in [4.78, 5) is 12.8. The Morgan fingerprint density at radius 2 is 1.75 bits per heavy atom. The lowest BCUT2D eigenvalue weighted by atomic mass is 9.97. The fourth-order valence-corrected chi connectivity index (χ4v) is 5.83. The van der Waals surface area contributed by atoms with Crippen LogP contribution in [0, 0.1) is 0 Å². The summed E-state index contributed by atoms with van der Waals surface area (Å²) in [6.45, 7) is 3.82. The zero-order valence-corrected chi connectivity index (χ0v) is 19.1. The molecule has 0 saturated carbocycles. The molecule has 2 aliphatic carbocycles. The van der Waals surface area contributed by atoms with Crippen molar-refractivity contribution in [3.63, 3.8) is 0 Å². The number of carbonyl (C=O) groups is 1. The number of amides is 2. The lowest BCUT2D eigenvalue weighted by molar-refractivity contribution is -0.189. The smallest absolute Gasteiger partial charge is 0.333 e. The first kappa shape index (κ1) is 21.4. The number of anilines is 1. The maximum absolute atomic E-state index is 13.0. The number of aryl methyl sites for hydroxylation is 2. The van der Waals surface area contributed by atoms with Gasteiger partial charge in [0.1, 0.15) is 0 Å². The van der Waals surface area contributed by atoms with Crippen LogP contribution in [0.4, 0.5) is 10.5 Å². The Morgan fingerprint density at radius 3 is 2.28 bits per heavy atom. The van der Waals surface area contributed by atoms with E-state index >= 15 is 0 Å². The molecule has 5 rings (SSSR count). The number of urea groups is 1. The van der Waals surface area contributed by atoms with Gasteiger partial charge in [-0.3, -0.25) is 4.68 Å². The largest absolute Gasteiger partial charge is 0.379 e. The van der Waals surface area contributed by atoms with E-state index in [2.05, 4.69) is 21.2 Å². The van der Waals surface area contributed by atoms with E-state index in [1.165, 1.54) is 21.9 Å². The van der Waals surface area contributed by atoms with Gasteiger partial charge in [0.2, 0.25) is 0 Å².